The van der Waals surface area contributed by atoms with Crippen LogP contribution in [0.15, 0.2) is 42.6 Å². The Labute approximate surface area is 165 Å². The molecule has 7 heteroatoms. The molecule has 0 N–H and O–H groups in total. The maximum absolute atomic E-state index is 12.9. The molecule has 0 spiro atoms. The fraction of sp³-hybridized carbons (Fsp3) is 0.381. The fourth-order valence-electron chi connectivity index (χ4n) is 3.17. The first-order chi connectivity index (χ1) is 13.5. The van der Waals surface area contributed by atoms with Crippen LogP contribution >= 0.6 is 0 Å². The predicted octanol–water partition coefficient (Wildman–Crippen LogP) is 2.14. The van der Waals surface area contributed by atoms with Crippen molar-refractivity contribution in [2.45, 2.75) is 6.92 Å². The van der Waals surface area contributed by atoms with Crippen LogP contribution in [0.4, 0.5) is 5.82 Å². The Morgan fingerprint density at radius 3 is 2.21 bits per heavy atom. The predicted molar refractivity (Wildman–Crippen MR) is 108 cm³/mol. The first-order valence-electron chi connectivity index (χ1n) is 9.45. The number of nitrogens with zero attached hydrogens (tertiary/aromatic N) is 4. The quantitative estimate of drug-likeness (QED) is 0.793. The number of hydrogen-bond donors (Lipinski definition) is 0. The lowest BCUT2D eigenvalue weighted by Gasteiger charge is -2.35. The monoisotopic (exact) mass is 382 g/mol. The molecule has 7 nitrogen and oxygen atoms in total. The average Bonchev–Trinajstić information content (AvgIpc) is 2.73. The van der Waals surface area contributed by atoms with Crippen molar-refractivity contribution in [3.8, 4) is 5.75 Å². The van der Waals surface area contributed by atoms with Crippen molar-refractivity contribution in [1.82, 2.24) is 14.8 Å². The zero-order valence-electron chi connectivity index (χ0n) is 16.6. The third-order valence-electron chi connectivity index (χ3n) is 4.72. The van der Waals surface area contributed by atoms with Gasteiger partial charge in [-0.15, -0.1) is 0 Å². The highest BCUT2D eigenvalue weighted by Crippen LogP contribution is 2.21. The van der Waals surface area contributed by atoms with Gasteiger partial charge in [-0.3, -0.25) is 9.59 Å². The Hall–Kier alpha value is -3.09. The Morgan fingerprint density at radius 2 is 1.64 bits per heavy atom. The molecule has 0 unspecified atom stereocenters. The minimum absolute atomic E-state index is 0.0559. The second-order valence-electron chi connectivity index (χ2n) is 6.81. The molecule has 0 bridgehead atoms. The number of para-hydroxylation sites is 1. The molecule has 0 saturated carbocycles. The third kappa shape index (κ3) is 4.24. The summed E-state index contributed by atoms with van der Waals surface area (Å²) in [6.45, 7) is 4.38. The normalized spacial score (nSPS) is 14.0. The molecule has 1 aliphatic rings. The Balaban J connectivity index is 1.62. The van der Waals surface area contributed by atoms with E-state index in [2.05, 4.69) is 4.98 Å². The van der Waals surface area contributed by atoms with Gasteiger partial charge in [0.15, 0.2) is 0 Å². The number of carbonyl (C=O) groups is 2. The third-order valence-corrected chi connectivity index (χ3v) is 4.72. The molecule has 1 aliphatic heterocycles. The molecular formula is C21H26N4O3. The van der Waals surface area contributed by atoms with Crippen molar-refractivity contribution in [3.05, 3.63) is 53.7 Å². The zero-order chi connectivity index (χ0) is 20.1. The van der Waals surface area contributed by atoms with E-state index in [1.165, 1.54) is 0 Å². The Kier molecular flexibility index (Phi) is 6.13. The molecule has 148 valence electrons. The summed E-state index contributed by atoms with van der Waals surface area (Å²) in [5, 5.41) is 0. The van der Waals surface area contributed by atoms with Crippen molar-refractivity contribution in [2.75, 3.05) is 51.8 Å². The number of piperazine rings is 1. The van der Waals surface area contributed by atoms with Gasteiger partial charge in [-0.1, -0.05) is 12.1 Å². The number of hydrogen-bond acceptors (Lipinski definition) is 5. The maximum atomic E-state index is 12.9. The van der Waals surface area contributed by atoms with Gasteiger partial charge < -0.3 is 19.4 Å². The summed E-state index contributed by atoms with van der Waals surface area (Å²) < 4.78 is 5.57. The van der Waals surface area contributed by atoms with E-state index in [-0.39, 0.29) is 11.8 Å². The molecule has 2 heterocycles. The van der Waals surface area contributed by atoms with Gasteiger partial charge >= 0.3 is 0 Å². The van der Waals surface area contributed by atoms with E-state index in [9.17, 15) is 9.59 Å². The van der Waals surface area contributed by atoms with Crippen LogP contribution in [-0.4, -0.2) is 73.5 Å². The number of carbonyl (C=O) groups excluding carboxylic acids is 2. The smallest absolute Gasteiger partial charge is 0.257 e. The lowest BCUT2D eigenvalue weighted by molar-refractivity contribution is 0.0533. The van der Waals surface area contributed by atoms with Crippen LogP contribution in [0.1, 0.15) is 27.6 Å². The van der Waals surface area contributed by atoms with E-state index in [1.54, 1.807) is 34.2 Å². The Morgan fingerprint density at radius 1 is 1.00 bits per heavy atom. The summed E-state index contributed by atoms with van der Waals surface area (Å²) in [6.07, 6.45) is 1.60. The largest absolute Gasteiger partial charge is 0.493 e. The van der Waals surface area contributed by atoms with Crippen LogP contribution in [-0.2, 0) is 0 Å². The summed E-state index contributed by atoms with van der Waals surface area (Å²) in [5.41, 5.74) is 1.12. The fourth-order valence-corrected chi connectivity index (χ4v) is 3.17. The molecule has 1 fully saturated rings. The number of benzene rings is 1. The lowest BCUT2D eigenvalue weighted by atomic mass is 10.1. The zero-order valence-corrected chi connectivity index (χ0v) is 16.6. The van der Waals surface area contributed by atoms with E-state index < -0.39 is 0 Å². The molecule has 1 aromatic carbocycles. The van der Waals surface area contributed by atoms with Crippen LogP contribution in [0.2, 0.25) is 0 Å². The van der Waals surface area contributed by atoms with Gasteiger partial charge in [0, 0.05) is 46.5 Å². The number of ether oxygens (including phenoxy) is 1. The second-order valence-corrected chi connectivity index (χ2v) is 6.81. The van der Waals surface area contributed by atoms with Crippen molar-refractivity contribution in [3.63, 3.8) is 0 Å². The standard InChI is InChI=1S/C21H26N4O3/c1-4-28-18-8-6-5-7-17(18)21(27)25-13-11-24(12-14-25)20(26)16-9-10-19(22-15-16)23(2)3/h5-10,15H,4,11-14H2,1-3H3. The molecule has 1 saturated heterocycles. The van der Waals surface area contributed by atoms with E-state index in [1.807, 2.05) is 44.1 Å². The van der Waals surface area contributed by atoms with Crippen molar-refractivity contribution >= 4 is 17.6 Å². The van der Waals surface area contributed by atoms with Gasteiger partial charge in [0.25, 0.3) is 11.8 Å². The Bertz CT molecular complexity index is 828. The minimum Gasteiger partial charge on any atom is -0.493 e. The maximum Gasteiger partial charge on any atom is 0.257 e. The number of amides is 2. The number of pyridine rings is 1. The number of anilines is 1. The number of rotatable bonds is 5. The van der Waals surface area contributed by atoms with Gasteiger partial charge in [0.2, 0.25) is 0 Å². The summed E-state index contributed by atoms with van der Waals surface area (Å²) >= 11 is 0. The lowest BCUT2D eigenvalue weighted by Crippen LogP contribution is -2.50. The van der Waals surface area contributed by atoms with E-state index in [0.29, 0.717) is 49.7 Å². The molecule has 3 rings (SSSR count). The molecule has 0 atom stereocenters. The highest BCUT2D eigenvalue weighted by atomic mass is 16.5. The second kappa shape index (κ2) is 8.73. The van der Waals surface area contributed by atoms with Gasteiger partial charge in [-0.2, -0.15) is 0 Å². The van der Waals surface area contributed by atoms with Crippen molar-refractivity contribution in [1.29, 1.82) is 0 Å². The summed E-state index contributed by atoms with van der Waals surface area (Å²) in [5.74, 6) is 1.29. The first-order valence-corrected chi connectivity index (χ1v) is 9.45. The van der Waals surface area contributed by atoms with Crippen LogP contribution in [0.3, 0.4) is 0 Å². The van der Waals surface area contributed by atoms with Gasteiger partial charge in [-0.05, 0) is 31.2 Å². The van der Waals surface area contributed by atoms with Crippen molar-refractivity contribution in [2.24, 2.45) is 0 Å². The van der Waals surface area contributed by atoms with Gasteiger partial charge in [0.05, 0.1) is 17.7 Å². The average molecular weight is 382 g/mol. The topological polar surface area (TPSA) is 66.0 Å². The summed E-state index contributed by atoms with van der Waals surface area (Å²) in [7, 11) is 3.81. The molecule has 0 aliphatic carbocycles. The first kappa shape index (κ1) is 19.7. The van der Waals surface area contributed by atoms with Crippen LogP contribution in [0.25, 0.3) is 0 Å². The molecule has 28 heavy (non-hydrogen) atoms. The molecule has 1 aromatic heterocycles. The van der Waals surface area contributed by atoms with Crippen molar-refractivity contribution < 1.29 is 14.3 Å². The van der Waals surface area contributed by atoms with Gasteiger partial charge in [0.1, 0.15) is 11.6 Å². The highest BCUT2D eigenvalue weighted by Gasteiger charge is 2.27. The molecular weight excluding hydrogens is 356 g/mol. The highest BCUT2D eigenvalue weighted by molar-refractivity contribution is 5.97. The summed E-state index contributed by atoms with van der Waals surface area (Å²) in [4.78, 5) is 35.3. The molecule has 2 aromatic rings. The van der Waals surface area contributed by atoms with Gasteiger partial charge in [-0.25, -0.2) is 4.98 Å². The van der Waals surface area contributed by atoms with Crippen LogP contribution < -0.4 is 9.64 Å². The summed E-state index contributed by atoms with van der Waals surface area (Å²) in [6, 6.07) is 10.9. The SMILES string of the molecule is CCOc1ccccc1C(=O)N1CCN(C(=O)c2ccc(N(C)C)nc2)CC1. The minimum atomic E-state index is -0.0619. The van der Waals surface area contributed by atoms with Crippen LogP contribution in [0.5, 0.6) is 5.75 Å². The van der Waals surface area contributed by atoms with E-state index in [0.717, 1.165) is 5.82 Å². The van der Waals surface area contributed by atoms with E-state index >= 15 is 0 Å². The van der Waals surface area contributed by atoms with Crippen LogP contribution in [0, 0.1) is 0 Å². The van der Waals surface area contributed by atoms with E-state index in [4.69, 9.17) is 4.74 Å². The number of aromatic nitrogens is 1. The molecule has 2 amide bonds. The molecule has 0 radical (unpaired) electrons.